The van der Waals surface area contributed by atoms with Crippen molar-refractivity contribution >= 4 is 81.2 Å². The number of H-pyrrole nitrogens is 1. The summed E-state index contributed by atoms with van der Waals surface area (Å²) in [5.74, 6) is 1.37. The first-order valence-electron chi connectivity index (χ1n) is 20.8. The zero-order chi connectivity index (χ0) is 46.8. The number of piperazine rings is 2. The number of carbonyl (C=O) groups is 2. The van der Waals surface area contributed by atoms with Gasteiger partial charge < -0.3 is 29.1 Å². The fourth-order valence-electron chi connectivity index (χ4n) is 7.21. The largest absolute Gasteiger partial charge is 0.495 e. The SMILES string of the molecule is C.COc1cc(N2CCN(C(=O)CCl)CC2)ccc1Cl.COc1cc(N2CCN(C(=O)Cn3nc(-c4cccc(C)n4)c(Cl)c3C)CC2)ccc1Cl.Cc1cccc(-c2n[nH]c(C)c2Cl)n1. The highest BCUT2D eigenvalue weighted by molar-refractivity contribution is 6.34. The maximum atomic E-state index is 13.0. The molecular formula is C47H55Cl5N10O4. The van der Waals surface area contributed by atoms with E-state index in [0.717, 1.165) is 66.0 Å². The Morgan fingerprint density at radius 1 is 0.636 bits per heavy atom. The number of rotatable bonds is 9. The minimum Gasteiger partial charge on any atom is -0.495 e. The number of aromatic amines is 1. The second-order valence-corrected chi connectivity index (χ2v) is 17.1. The van der Waals surface area contributed by atoms with Crippen molar-refractivity contribution in [1.82, 2.24) is 39.7 Å². The summed E-state index contributed by atoms with van der Waals surface area (Å²) in [6, 6.07) is 22.9. The summed E-state index contributed by atoms with van der Waals surface area (Å²) in [7, 11) is 3.20. The normalized spacial score (nSPS) is 13.5. The van der Waals surface area contributed by atoms with Crippen LogP contribution in [-0.4, -0.2) is 124 Å². The molecule has 2 aliphatic heterocycles. The Kier molecular flexibility index (Phi) is 18.8. The van der Waals surface area contributed by atoms with Gasteiger partial charge in [-0.3, -0.25) is 29.3 Å². The fraction of sp³-hybridized carbons (Fsp3) is 0.362. The number of benzene rings is 2. The first-order valence-corrected chi connectivity index (χ1v) is 22.9. The van der Waals surface area contributed by atoms with Crippen LogP contribution in [0.25, 0.3) is 22.8 Å². The van der Waals surface area contributed by atoms with Crippen molar-refractivity contribution in [3.8, 4) is 34.3 Å². The van der Waals surface area contributed by atoms with E-state index in [4.69, 9.17) is 67.5 Å². The van der Waals surface area contributed by atoms with E-state index in [9.17, 15) is 9.59 Å². The highest BCUT2D eigenvalue weighted by Crippen LogP contribution is 2.32. The number of hydrogen-bond donors (Lipinski definition) is 1. The first kappa shape index (κ1) is 51.7. The van der Waals surface area contributed by atoms with Gasteiger partial charge in [0.1, 0.15) is 35.3 Å². The Bertz CT molecular complexity index is 2590. The molecule has 66 heavy (non-hydrogen) atoms. The molecule has 2 aromatic carbocycles. The van der Waals surface area contributed by atoms with Crippen molar-refractivity contribution in [3.63, 3.8) is 0 Å². The summed E-state index contributed by atoms with van der Waals surface area (Å²) in [6.45, 7) is 13.4. The van der Waals surface area contributed by atoms with Crippen molar-refractivity contribution in [1.29, 1.82) is 0 Å². The van der Waals surface area contributed by atoms with Gasteiger partial charge in [-0.1, -0.05) is 66.0 Å². The molecule has 2 fully saturated rings. The molecule has 8 rings (SSSR count). The highest BCUT2D eigenvalue weighted by Gasteiger charge is 2.25. The van der Waals surface area contributed by atoms with Crippen molar-refractivity contribution in [2.24, 2.45) is 0 Å². The van der Waals surface area contributed by atoms with Crippen LogP contribution in [0.5, 0.6) is 11.5 Å². The van der Waals surface area contributed by atoms with Gasteiger partial charge in [-0.05, 0) is 76.2 Å². The zero-order valence-corrected chi connectivity index (χ0v) is 40.8. The van der Waals surface area contributed by atoms with Crippen LogP contribution in [0.2, 0.25) is 20.1 Å². The minimum absolute atomic E-state index is 0. The summed E-state index contributed by atoms with van der Waals surface area (Å²) < 4.78 is 12.2. The molecule has 352 valence electrons. The predicted molar refractivity (Wildman–Crippen MR) is 267 cm³/mol. The van der Waals surface area contributed by atoms with Gasteiger partial charge in [0.25, 0.3) is 0 Å². The number of carbonyl (C=O) groups excluding carboxylic acids is 2. The first-order chi connectivity index (χ1) is 31.2. The minimum atomic E-state index is -0.00463. The van der Waals surface area contributed by atoms with Crippen LogP contribution in [0, 0.1) is 27.7 Å². The molecule has 0 aliphatic carbocycles. The Hall–Kier alpha value is -5.25. The molecule has 0 bridgehead atoms. The summed E-state index contributed by atoms with van der Waals surface area (Å²) in [5, 5.41) is 13.9. The third kappa shape index (κ3) is 12.8. The van der Waals surface area contributed by atoms with Crippen LogP contribution in [0.15, 0.2) is 72.8 Å². The lowest BCUT2D eigenvalue weighted by atomic mass is 10.2. The summed E-state index contributed by atoms with van der Waals surface area (Å²) in [4.78, 5) is 41.4. The van der Waals surface area contributed by atoms with Crippen LogP contribution in [0.1, 0.15) is 30.2 Å². The number of aryl methyl sites for hydroxylation is 3. The molecule has 0 spiro atoms. The summed E-state index contributed by atoms with van der Waals surface area (Å²) in [6.07, 6.45) is 0. The molecule has 14 nitrogen and oxygen atoms in total. The molecule has 2 saturated heterocycles. The van der Waals surface area contributed by atoms with Crippen molar-refractivity contribution in [2.75, 3.05) is 82.3 Å². The molecule has 6 heterocycles. The molecule has 4 aromatic heterocycles. The third-order valence-corrected chi connectivity index (χ3v) is 12.7. The fourth-order valence-corrected chi connectivity index (χ4v) is 8.18. The monoisotopic (exact) mass is 998 g/mol. The van der Waals surface area contributed by atoms with Crippen LogP contribution in [-0.2, 0) is 16.1 Å². The van der Waals surface area contributed by atoms with E-state index in [1.54, 1.807) is 23.8 Å². The van der Waals surface area contributed by atoms with Gasteiger partial charge in [-0.15, -0.1) is 11.6 Å². The molecule has 0 saturated carbocycles. The van der Waals surface area contributed by atoms with Gasteiger partial charge >= 0.3 is 0 Å². The van der Waals surface area contributed by atoms with Gasteiger partial charge in [0.2, 0.25) is 11.8 Å². The molecule has 0 radical (unpaired) electrons. The number of methoxy groups -OCH3 is 2. The zero-order valence-electron chi connectivity index (χ0n) is 37.0. The van der Waals surface area contributed by atoms with Crippen LogP contribution < -0.4 is 19.3 Å². The number of aromatic nitrogens is 6. The number of nitrogens with one attached hydrogen (secondary N) is 1. The maximum absolute atomic E-state index is 13.0. The van der Waals surface area contributed by atoms with E-state index in [1.165, 1.54) is 0 Å². The molecule has 2 aliphatic rings. The highest BCUT2D eigenvalue weighted by atomic mass is 35.5. The van der Waals surface area contributed by atoms with Crippen molar-refractivity contribution in [3.05, 3.63) is 116 Å². The number of halogens is 5. The molecule has 0 unspecified atom stereocenters. The quantitative estimate of drug-likeness (QED) is 0.139. The number of anilines is 2. The number of pyridine rings is 2. The molecule has 0 atom stereocenters. The average molecular weight is 1000 g/mol. The number of hydrogen-bond acceptors (Lipinski definition) is 10. The standard InChI is InChI=1S/C23H25Cl2N5O2.C13H16Cl2N2O2.C10H10ClN3.CH4/c1-15-5-4-6-19(26-15)23-22(25)16(2)30(27-23)14-21(31)29-11-9-28(10-12-29)17-7-8-18(24)20(13-17)32-3;1-19-12-8-10(2-3-11(12)15)16-4-6-17(7-5-16)13(18)9-14;1-6-4-3-5-8(12-6)10-9(11)7(2)13-14-10;/h4-8,13H,9-12,14H2,1-3H3;2-3,8H,4-7,9H2,1H3;3-5H,1-2H3,(H,13,14);1H4. The average Bonchev–Trinajstić information content (AvgIpc) is 3.81. The lowest BCUT2D eigenvalue weighted by Gasteiger charge is -2.36. The van der Waals surface area contributed by atoms with Crippen molar-refractivity contribution < 1.29 is 19.1 Å². The number of nitrogens with zero attached hydrogens (tertiary/aromatic N) is 9. The molecule has 19 heteroatoms. The smallest absolute Gasteiger partial charge is 0.244 e. The maximum Gasteiger partial charge on any atom is 0.244 e. The van der Waals surface area contributed by atoms with Gasteiger partial charge in [-0.2, -0.15) is 10.2 Å². The second kappa shape index (κ2) is 24.0. The van der Waals surface area contributed by atoms with E-state index in [1.807, 2.05) is 105 Å². The van der Waals surface area contributed by atoms with Gasteiger partial charge in [0, 0.05) is 87.3 Å². The van der Waals surface area contributed by atoms with Gasteiger partial charge in [-0.25, -0.2) is 0 Å². The van der Waals surface area contributed by atoms with Gasteiger partial charge in [0.05, 0.1) is 57.1 Å². The Morgan fingerprint density at radius 3 is 1.53 bits per heavy atom. The van der Waals surface area contributed by atoms with E-state index in [2.05, 4.69) is 35.1 Å². The van der Waals surface area contributed by atoms with Crippen LogP contribution >= 0.6 is 58.0 Å². The predicted octanol–water partition coefficient (Wildman–Crippen LogP) is 9.84. The van der Waals surface area contributed by atoms with E-state index >= 15 is 0 Å². The van der Waals surface area contributed by atoms with Crippen molar-refractivity contribution in [2.45, 2.75) is 41.7 Å². The van der Waals surface area contributed by atoms with Crippen LogP contribution in [0.4, 0.5) is 11.4 Å². The number of amides is 2. The Morgan fingerprint density at radius 2 is 1.11 bits per heavy atom. The third-order valence-electron chi connectivity index (χ3n) is 10.9. The second-order valence-electron chi connectivity index (χ2n) is 15.3. The lowest BCUT2D eigenvalue weighted by Crippen LogP contribution is -2.49. The Balaban J connectivity index is 0.000000203. The van der Waals surface area contributed by atoms with E-state index in [-0.39, 0.29) is 31.7 Å². The summed E-state index contributed by atoms with van der Waals surface area (Å²) >= 11 is 30.3. The topological polar surface area (TPSA) is 138 Å². The van der Waals surface area contributed by atoms with Gasteiger partial charge in [0.15, 0.2) is 0 Å². The van der Waals surface area contributed by atoms with E-state index in [0.29, 0.717) is 74.9 Å². The summed E-state index contributed by atoms with van der Waals surface area (Å²) in [5.41, 5.74) is 8.38. The molecule has 6 aromatic rings. The number of ether oxygens (including phenoxy) is 2. The van der Waals surface area contributed by atoms with Crippen LogP contribution in [0.3, 0.4) is 0 Å². The van der Waals surface area contributed by atoms with E-state index < -0.39 is 0 Å². The number of alkyl halides is 1. The molecule has 1 N–H and O–H groups in total. The lowest BCUT2D eigenvalue weighted by molar-refractivity contribution is -0.132. The Labute approximate surface area is 411 Å². The molecular weight excluding hydrogens is 946 g/mol. The molecule has 2 amide bonds.